The molecule has 0 saturated heterocycles. The van der Waals surface area contributed by atoms with Gasteiger partial charge in [-0.05, 0) is 42.3 Å². The standard InChI is InChI=1S/C25H24O5/c1-2-16-28-21-12-8-11-20(18-21)24(26)30-23-14-7-6-13-22(23)25(27)29-17-15-19-9-4-3-5-10-19/h3-14,18H,2,15-17H2,1H3. The molecular formula is C25H24O5. The minimum atomic E-state index is -0.568. The second kappa shape index (κ2) is 10.8. The SMILES string of the molecule is CCCOc1cccc(C(=O)Oc2ccccc2C(=O)OCCc2ccccc2)c1. The zero-order valence-corrected chi connectivity index (χ0v) is 16.9. The van der Waals surface area contributed by atoms with Crippen molar-refractivity contribution in [3.05, 3.63) is 95.6 Å². The Morgan fingerprint density at radius 3 is 2.37 bits per heavy atom. The highest BCUT2D eigenvalue weighted by Crippen LogP contribution is 2.22. The fraction of sp³-hybridized carbons (Fsp3) is 0.200. The summed E-state index contributed by atoms with van der Waals surface area (Å²) in [4.78, 5) is 25.1. The van der Waals surface area contributed by atoms with Gasteiger partial charge >= 0.3 is 11.9 Å². The molecule has 0 aliphatic carbocycles. The Morgan fingerprint density at radius 2 is 1.57 bits per heavy atom. The molecular weight excluding hydrogens is 380 g/mol. The summed E-state index contributed by atoms with van der Waals surface area (Å²) in [5.74, 6) is -0.345. The molecule has 0 aliphatic heterocycles. The average molecular weight is 404 g/mol. The lowest BCUT2D eigenvalue weighted by atomic mass is 10.1. The molecule has 0 radical (unpaired) electrons. The van der Waals surface area contributed by atoms with Crippen LogP contribution in [0.5, 0.6) is 11.5 Å². The number of rotatable bonds is 9. The first-order valence-electron chi connectivity index (χ1n) is 9.92. The predicted octanol–water partition coefficient (Wildman–Crippen LogP) is 5.09. The van der Waals surface area contributed by atoms with Crippen LogP contribution in [-0.2, 0) is 11.2 Å². The number of esters is 2. The Balaban J connectivity index is 1.64. The molecule has 0 bridgehead atoms. The number of benzene rings is 3. The third-order valence-corrected chi connectivity index (χ3v) is 4.32. The van der Waals surface area contributed by atoms with Crippen LogP contribution < -0.4 is 9.47 Å². The molecule has 5 heteroatoms. The van der Waals surface area contributed by atoms with E-state index in [-0.39, 0.29) is 17.9 Å². The van der Waals surface area contributed by atoms with Gasteiger partial charge in [-0.25, -0.2) is 9.59 Å². The zero-order chi connectivity index (χ0) is 21.2. The molecule has 0 amide bonds. The number of hydrogen-bond donors (Lipinski definition) is 0. The van der Waals surface area contributed by atoms with Crippen LogP contribution in [0.4, 0.5) is 0 Å². The molecule has 0 spiro atoms. The van der Waals surface area contributed by atoms with Crippen molar-refractivity contribution in [2.24, 2.45) is 0 Å². The van der Waals surface area contributed by atoms with Crippen LogP contribution in [0, 0.1) is 0 Å². The average Bonchev–Trinajstić information content (AvgIpc) is 2.79. The molecule has 0 saturated carbocycles. The van der Waals surface area contributed by atoms with Crippen molar-refractivity contribution >= 4 is 11.9 Å². The lowest BCUT2D eigenvalue weighted by molar-refractivity contribution is 0.0503. The van der Waals surface area contributed by atoms with Crippen LogP contribution in [0.15, 0.2) is 78.9 Å². The minimum absolute atomic E-state index is 0.159. The summed E-state index contributed by atoms with van der Waals surface area (Å²) in [6.07, 6.45) is 1.48. The Bertz CT molecular complexity index is 982. The Hall–Kier alpha value is -3.60. The highest BCUT2D eigenvalue weighted by atomic mass is 16.5. The molecule has 0 N–H and O–H groups in total. The first-order valence-corrected chi connectivity index (χ1v) is 9.92. The van der Waals surface area contributed by atoms with Crippen molar-refractivity contribution in [2.75, 3.05) is 13.2 Å². The maximum absolute atomic E-state index is 12.6. The van der Waals surface area contributed by atoms with E-state index >= 15 is 0 Å². The van der Waals surface area contributed by atoms with Gasteiger partial charge in [0, 0.05) is 6.42 Å². The van der Waals surface area contributed by atoms with E-state index in [0.717, 1.165) is 12.0 Å². The van der Waals surface area contributed by atoms with Gasteiger partial charge < -0.3 is 14.2 Å². The van der Waals surface area contributed by atoms with E-state index in [0.29, 0.717) is 24.3 Å². The predicted molar refractivity (Wildman–Crippen MR) is 114 cm³/mol. The second-order valence-electron chi connectivity index (χ2n) is 6.63. The third kappa shape index (κ3) is 5.95. The van der Waals surface area contributed by atoms with Crippen molar-refractivity contribution < 1.29 is 23.8 Å². The molecule has 3 aromatic carbocycles. The maximum atomic E-state index is 12.6. The van der Waals surface area contributed by atoms with Gasteiger partial charge in [0.1, 0.15) is 17.1 Å². The quantitative estimate of drug-likeness (QED) is 0.367. The monoisotopic (exact) mass is 404 g/mol. The van der Waals surface area contributed by atoms with Crippen molar-refractivity contribution in [1.29, 1.82) is 0 Å². The molecule has 5 nitrogen and oxygen atoms in total. The van der Waals surface area contributed by atoms with Gasteiger partial charge in [0.15, 0.2) is 0 Å². The second-order valence-corrected chi connectivity index (χ2v) is 6.63. The zero-order valence-electron chi connectivity index (χ0n) is 16.9. The summed E-state index contributed by atoms with van der Waals surface area (Å²) < 4.78 is 16.4. The number of carbonyl (C=O) groups excluding carboxylic acids is 2. The van der Waals surface area contributed by atoms with Crippen LogP contribution in [0.3, 0.4) is 0 Å². The third-order valence-electron chi connectivity index (χ3n) is 4.32. The molecule has 30 heavy (non-hydrogen) atoms. The van der Waals surface area contributed by atoms with E-state index in [4.69, 9.17) is 14.2 Å². The molecule has 3 rings (SSSR count). The molecule has 154 valence electrons. The number of ether oxygens (including phenoxy) is 3. The van der Waals surface area contributed by atoms with Gasteiger partial charge in [-0.15, -0.1) is 0 Å². The van der Waals surface area contributed by atoms with Crippen molar-refractivity contribution in [3.8, 4) is 11.5 Å². The van der Waals surface area contributed by atoms with Gasteiger partial charge in [0.25, 0.3) is 0 Å². The molecule has 0 atom stereocenters. The minimum Gasteiger partial charge on any atom is -0.494 e. The molecule has 0 heterocycles. The van der Waals surface area contributed by atoms with Gasteiger partial charge in [-0.2, -0.15) is 0 Å². The first kappa shape index (κ1) is 21.1. The van der Waals surface area contributed by atoms with Crippen LogP contribution in [-0.4, -0.2) is 25.2 Å². The van der Waals surface area contributed by atoms with Gasteiger partial charge in [-0.3, -0.25) is 0 Å². The number of para-hydroxylation sites is 1. The largest absolute Gasteiger partial charge is 0.494 e. The van der Waals surface area contributed by atoms with Crippen LogP contribution in [0.25, 0.3) is 0 Å². The Kier molecular flexibility index (Phi) is 7.61. The summed E-state index contributed by atoms with van der Waals surface area (Å²) in [5.41, 5.74) is 1.63. The van der Waals surface area contributed by atoms with Crippen molar-refractivity contribution in [1.82, 2.24) is 0 Å². The molecule has 0 aromatic heterocycles. The normalized spacial score (nSPS) is 10.3. The summed E-state index contributed by atoms with van der Waals surface area (Å²) in [5, 5.41) is 0. The molecule has 0 fully saturated rings. The van der Waals surface area contributed by atoms with Crippen molar-refractivity contribution in [3.63, 3.8) is 0 Å². The lowest BCUT2D eigenvalue weighted by Gasteiger charge is -2.11. The summed E-state index contributed by atoms with van der Waals surface area (Å²) >= 11 is 0. The Morgan fingerprint density at radius 1 is 0.800 bits per heavy atom. The fourth-order valence-electron chi connectivity index (χ4n) is 2.80. The van der Waals surface area contributed by atoms with E-state index in [9.17, 15) is 9.59 Å². The lowest BCUT2D eigenvalue weighted by Crippen LogP contribution is -2.14. The van der Waals surface area contributed by atoms with Gasteiger partial charge in [0.2, 0.25) is 0 Å². The smallest absolute Gasteiger partial charge is 0.343 e. The van der Waals surface area contributed by atoms with Gasteiger partial charge in [-0.1, -0.05) is 55.5 Å². The number of hydrogen-bond acceptors (Lipinski definition) is 5. The maximum Gasteiger partial charge on any atom is 0.343 e. The van der Waals surface area contributed by atoms with E-state index in [1.165, 1.54) is 0 Å². The Labute approximate surface area is 176 Å². The topological polar surface area (TPSA) is 61.8 Å². The number of carbonyl (C=O) groups is 2. The van der Waals surface area contributed by atoms with Crippen LogP contribution in [0.1, 0.15) is 39.6 Å². The van der Waals surface area contributed by atoms with Gasteiger partial charge in [0.05, 0.1) is 18.8 Å². The van der Waals surface area contributed by atoms with Crippen LogP contribution >= 0.6 is 0 Å². The molecule has 0 unspecified atom stereocenters. The molecule has 0 aliphatic rings. The molecule has 3 aromatic rings. The van der Waals surface area contributed by atoms with E-state index in [1.807, 2.05) is 37.3 Å². The summed E-state index contributed by atoms with van der Waals surface area (Å²) in [6.45, 7) is 2.81. The summed E-state index contributed by atoms with van der Waals surface area (Å²) in [7, 11) is 0. The fourth-order valence-corrected chi connectivity index (χ4v) is 2.80. The van der Waals surface area contributed by atoms with Crippen LogP contribution in [0.2, 0.25) is 0 Å². The first-order chi connectivity index (χ1) is 14.7. The highest BCUT2D eigenvalue weighted by molar-refractivity contribution is 5.96. The summed E-state index contributed by atoms with van der Waals surface area (Å²) in [6, 6.07) is 23.1. The highest BCUT2D eigenvalue weighted by Gasteiger charge is 2.17. The van der Waals surface area contributed by atoms with E-state index in [2.05, 4.69) is 0 Å². The van der Waals surface area contributed by atoms with E-state index in [1.54, 1.807) is 48.5 Å². The van der Waals surface area contributed by atoms with E-state index < -0.39 is 11.9 Å². The van der Waals surface area contributed by atoms with Crippen molar-refractivity contribution in [2.45, 2.75) is 19.8 Å².